The molecule has 1 aliphatic heterocycles. The normalized spacial score (nSPS) is 42.8. The summed E-state index contributed by atoms with van der Waals surface area (Å²) in [4.78, 5) is 0. The van der Waals surface area contributed by atoms with Crippen LogP contribution in [0.5, 0.6) is 0 Å². The molecule has 2 heteroatoms. The second kappa shape index (κ2) is 1.64. The lowest BCUT2D eigenvalue weighted by molar-refractivity contribution is -0.125. The first-order valence-corrected chi connectivity index (χ1v) is 4.60. The van der Waals surface area contributed by atoms with Gasteiger partial charge >= 0.3 is 0 Å². The minimum absolute atomic E-state index is 0.0752. The SMILES string of the molecule is OC1CC2(CC2)OC2(CC2)C1. The molecule has 3 aliphatic rings. The molecule has 0 aromatic carbocycles. The first-order chi connectivity index (χ1) is 5.22. The molecule has 2 aliphatic carbocycles. The predicted octanol–water partition coefficient (Wildman–Crippen LogP) is 1.22. The van der Waals surface area contributed by atoms with E-state index in [9.17, 15) is 5.11 Å². The Morgan fingerprint density at radius 1 is 1.00 bits per heavy atom. The standard InChI is InChI=1S/C9H14O2/c10-7-5-8(1-2-8)11-9(6-7)3-4-9/h7,10H,1-6H2. The summed E-state index contributed by atoms with van der Waals surface area (Å²) in [7, 11) is 0. The van der Waals surface area contributed by atoms with Gasteiger partial charge in [-0.2, -0.15) is 0 Å². The fourth-order valence-corrected chi connectivity index (χ4v) is 2.36. The average molecular weight is 154 g/mol. The molecule has 0 bridgehead atoms. The van der Waals surface area contributed by atoms with Crippen LogP contribution < -0.4 is 0 Å². The van der Waals surface area contributed by atoms with Crippen LogP contribution in [0.1, 0.15) is 38.5 Å². The van der Waals surface area contributed by atoms with Crippen LogP contribution in [0.15, 0.2) is 0 Å². The Hall–Kier alpha value is -0.0800. The molecule has 1 N–H and O–H groups in total. The summed E-state index contributed by atoms with van der Waals surface area (Å²) in [5.74, 6) is 0. The minimum Gasteiger partial charge on any atom is -0.393 e. The quantitative estimate of drug-likeness (QED) is 0.568. The number of aliphatic hydroxyl groups excluding tert-OH is 1. The highest BCUT2D eigenvalue weighted by Gasteiger charge is 2.59. The summed E-state index contributed by atoms with van der Waals surface area (Å²) in [5, 5.41) is 9.58. The lowest BCUT2D eigenvalue weighted by atomic mass is 9.98. The van der Waals surface area contributed by atoms with Crippen molar-refractivity contribution in [2.75, 3.05) is 0 Å². The monoisotopic (exact) mass is 154 g/mol. The van der Waals surface area contributed by atoms with Gasteiger partial charge in [0.15, 0.2) is 0 Å². The molecule has 3 rings (SSSR count). The summed E-state index contributed by atoms with van der Waals surface area (Å²) < 4.78 is 5.99. The van der Waals surface area contributed by atoms with Crippen LogP contribution in [0.25, 0.3) is 0 Å². The molecular weight excluding hydrogens is 140 g/mol. The number of aliphatic hydroxyl groups is 1. The number of hydrogen-bond donors (Lipinski definition) is 1. The van der Waals surface area contributed by atoms with Gasteiger partial charge in [-0.25, -0.2) is 0 Å². The first kappa shape index (κ1) is 6.44. The van der Waals surface area contributed by atoms with Crippen molar-refractivity contribution in [3.05, 3.63) is 0 Å². The van der Waals surface area contributed by atoms with Gasteiger partial charge in [0.05, 0.1) is 17.3 Å². The van der Waals surface area contributed by atoms with Crippen molar-refractivity contribution < 1.29 is 9.84 Å². The molecule has 3 fully saturated rings. The van der Waals surface area contributed by atoms with E-state index in [1.165, 1.54) is 25.7 Å². The summed E-state index contributed by atoms with van der Waals surface area (Å²) in [6.07, 6.45) is 6.47. The molecule has 0 amide bonds. The fraction of sp³-hybridized carbons (Fsp3) is 1.00. The molecule has 2 saturated carbocycles. The van der Waals surface area contributed by atoms with Gasteiger partial charge in [-0.05, 0) is 25.7 Å². The van der Waals surface area contributed by atoms with Crippen molar-refractivity contribution in [2.45, 2.75) is 55.8 Å². The van der Waals surface area contributed by atoms with Gasteiger partial charge in [0.2, 0.25) is 0 Å². The van der Waals surface area contributed by atoms with Gasteiger partial charge in [-0.3, -0.25) is 0 Å². The summed E-state index contributed by atoms with van der Waals surface area (Å²) in [6.45, 7) is 0. The maximum absolute atomic E-state index is 9.58. The van der Waals surface area contributed by atoms with E-state index in [0.29, 0.717) is 0 Å². The van der Waals surface area contributed by atoms with E-state index in [1.807, 2.05) is 0 Å². The zero-order valence-electron chi connectivity index (χ0n) is 6.68. The fourth-order valence-electron chi connectivity index (χ4n) is 2.36. The van der Waals surface area contributed by atoms with E-state index in [-0.39, 0.29) is 17.3 Å². The Bertz CT molecular complexity index is 172. The van der Waals surface area contributed by atoms with E-state index in [2.05, 4.69) is 0 Å². The van der Waals surface area contributed by atoms with Gasteiger partial charge in [-0.15, -0.1) is 0 Å². The third-order valence-electron chi connectivity index (χ3n) is 3.26. The number of rotatable bonds is 0. The number of hydrogen-bond acceptors (Lipinski definition) is 2. The molecule has 0 radical (unpaired) electrons. The van der Waals surface area contributed by atoms with Crippen LogP contribution in [-0.4, -0.2) is 22.4 Å². The van der Waals surface area contributed by atoms with E-state index < -0.39 is 0 Å². The molecule has 2 spiro atoms. The Labute approximate surface area is 66.5 Å². The van der Waals surface area contributed by atoms with Gasteiger partial charge in [-0.1, -0.05) is 0 Å². The van der Waals surface area contributed by atoms with Gasteiger partial charge in [0.1, 0.15) is 0 Å². The molecule has 2 nitrogen and oxygen atoms in total. The first-order valence-electron chi connectivity index (χ1n) is 4.60. The lowest BCUT2D eigenvalue weighted by Crippen LogP contribution is -2.38. The van der Waals surface area contributed by atoms with Gasteiger partial charge < -0.3 is 9.84 Å². The average Bonchev–Trinajstić information content (AvgIpc) is 2.76. The van der Waals surface area contributed by atoms with Crippen molar-refractivity contribution in [2.24, 2.45) is 0 Å². The molecule has 0 atom stereocenters. The molecule has 11 heavy (non-hydrogen) atoms. The zero-order valence-corrected chi connectivity index (χ0v) is 6.68. The van der Waals surface area contributed by atoms with E-state index in [1.54, 1.807) is 0 Å². The lowest BCUT2D eigenvalue weighted by Gasteiger charge is -2.33. The maximum Gasteiger partial charge on any atom is 0.0716 e. The molecule has 0 aromatic rings. The Kier molecular flexibility index (Phi) is 0.961. The molecule has 62 valence electrons. The third kappa shape index (κ3) is 0.926. The summed E-state index contributed by atoms with van der Waals surface area (Å²) in [5.41, 5.74) is 0.294. The van der Waals surface area contributed by atoms with Crippen LogP contribution >= 0.6 is 0 Å². The summed E-state index contributed by atoms with van der Waals surface area (Å²) in [6, 6.07) is 0. The van der Waals surface area contributed by atoms with Gasteiger partial charge in [0.25, 0.3) is 0 Å². The Balaban J connectivity index is 1.82. The molecular formula is C9H14O2. The van der Waals surface area contributed by atoms with Gasteiger partial charge in [0, 0.05) is 12.8 Å². The van der Waals surface area contributed by atoms with Crippen LogP contribution in [0, 0.1) is 0 Å². The minimum atomic E-state index is -0.0752. The molecule has 0 aromatic heterocycles. The largest absolute Gasteiger partial charge is 0.393 e. The summed E-state index contributed by atoms with van der Waals surface area (Å²) >= 11 is 0. The van der Waals surface area contributed by atoms with Crippen LogP contribution in [-0.2, 0) is 4.74 Å². The second-order valence-corrected chi connectivity index (χ2v) is 4.53. The molecule has 0 unspecified atom stereocenters. The molecule has 1 saturated heterocycles. The van der Waals surface area contributed by atoms with Crippen molar-refractivity contribution in [1.29, 1.82) is 0 Å². The van der Waals surface area contributed by atoms with Crippen molar-refractivity contribution in [3.8, 4) is 0 Å². The maximum atomic E-state index is 9.58. The van der Waals surface area contributed by atoms with Crippen LogP contribution in [0.4, 0.5) is 0 Å². The predicted molar refractivity (Wildman–Crippen MR) is 40.3 cm³/mol. The second-order valence-electron chi connectivity index (χ2n) is 4.53. The number of ether oxygens (including phenoxy) is 1. The van der Waals surface area contributed by atoms with E-state index in [0.717, 1.165) is 12.8 Å². The highest BCUT2D eigenvalue weighted by Crippen LogP contribution is 2.58. The Morgan fingerprint density at radius 3 is 1.82 bits per heavy atom. The van der Waals surface area contributed by atoms with Crippen molar-refractivity contribution >= 4 is 0 Å². The third-order valence-corrected chi connectivity index (χ3v) is 3.26. The topological polar surface area (TPSA) is 29.5 Å². The molecule has 1 heterocycles. The van der Waals surface area contributed by atoms with E-state index in [4.69, 9.17) is 4.74 Å². The highest BCUT2D eigenvalue weighted by atomic mass is 16.5. The Morgan fingerprint density at radius 2 is 1.45 bits per heavy atom. The van der Waals surface area contributed by atoms with Crippen molar-refractivity contribution in [3.63, 3.8) is 0 Å². The van der Waals surface area contributed by atoms with Crippen LogP contribution in [0.2, 0.25) is 0 Å². The smallest absolute Gasteiger partial charge is 0.0716 e. The zero-order chi connectivity index (χ0) is 7.53. The highest BCUT2D eigenvalue weighted by molar-refractivity contribution is 5.10. The van der Waals surface area contributed by atoms with Crippen LogP contribution in [0.3, 0.4) is 0 Å². The van der Waals surface area contributed by atoms with E-state index >= 15 is 0 Å². The van der Waals surface area contributed by atoms with Crippen molar-refractivity contribution in [1.82, 2.24) is 0 Å².